The molecule has 3 aliphatic rings. The van der Waals surface area contributed by atoms with Crippen LogP contribution in [0, 0.1) is 12.7 Å². The zero-order chi connectivity index (χ0) is 27.1. The average Bonchev–Trinajstić information content (AvgIpc) is 3.50. The molecule has 1 spiro atoms. The number of likely N-dealkylation sites (tertiary alicyclic amines) is 1. The standard InChI is InChI=1S/C29H38FN5O3/c1-20-22(6-5-7-25(20)30)18-35-26(36)34(24-10-8-21(9-11-24)23-16-31-32-17-23)19-29(35)12-14-33(15-13-29)27(37)38-28(2,3)4/h5-11,23,31-32H,12-19H2,1-4H3. The summed E-state index contributed by atoms with van der Waals surface area (Å²) in [6, 6.07) is 13.2. The van der Waals surface area contributed by atoms with Gasteiger partial charge in [0.2, 0.25) is 0 Å². The van der Waals surface area contributed by atoms with E-state index in [0.717, 1.165) is 24.3 Å². The van der Waals surface area contributed by atoms with E-state index in [1.165, 1.54) is 11.6 Å². The Balaban J connectivity index is 1.40. The Morgan fingerprint density at radius 2 is 1.74 bits per heavy atom. The van der Waals surface area contributed by atoms with Gasteiger partial charge in [-0.2, -0.15) is 0 Å². The number of rotatable bonds is 4. The first-order chi connectivity index (χ1) is 18.1. The third-order valence-electron chi connectivity index (χ3n) is 8.04. The van der Waals surface area contributed by atoms with Crippen molar-refractivity contribution in [2.75, 3.05) is 37.6 Å². The summed E-state index contributed by atoms with van der Waals surface area (Å²) in [6.07, 6.45) is 0.924. The SMILES string of the molecule is Cc1c(F)cccc1CN1C(=O)N(c2ccc(C3CNNC3)cc2)CC12CCN(C(=O)OC(C)(C)C)CC2. The number of hydrazine groups is 1. The summed E-state index contributed by atoms with van der Waals surface area (Å²) in [5.41, 5.74) is 8.73. The Kier molecular flexibility index (Phi) is 7.09. The van der Waals surface area contributed by atoms with Gasteiger partial charge in [-0.15, -0.1) is 0 Å². The number of hydrogen-bond donors (Lipinski definition) is 2. The zero-order valence-corrected chi connectivity index (χ0v) is 22.7. The van der Waals surface area contributed by atoms with Crippen LogP contribution in [-0.2, 0) is 11.3 Å². The van der Waals surface area contributed by atoms with Crippen LogP contribution in [0.3, 0.4) is 0 Å². The highest BCUT2D eigenvalue weighted by atomic mass is 19.1. The average molecular weight is 524 g/mol. The molecule has 0 aromatic heterocycles. The fourth-order valence-electron chi connectivity index (χ4n) is 5.71. The third kappa shape index (κ3) is 5.22. The fraction of sp³-hybridized carbons (Fsp3) is 0.517. The molecule has 0 unspecified atom stereocenters. The number of carbonyl (C=O) groups is 2. The van der Waals surface area contributed by atoms with Crippen molar-refractivity contribution in [3.8, 4) is 0 Å². The summed E-state index contributed by atoms with van der Waals surface area (Å²) in [7, 11) is 0. The highest BCUT2D eigenvalue weighted by Gasteiger charge is 2.52. The van der Waals surface area contributed by atoms with Crippen molar-refractivity contribution in [1.82, 2.24) is 20.7 Å². The Hall–Kier alpha value is -3.17. The number of benzene rings is 2. The molecule has 3 amide bonds. The largest absolute Gasteiger partial charge is 0.444 e. The van der Waals surface area contributed by atoms with Crippen molar-refractivity contribution in [3.63, 3.8) is 0 Å². The van der Waals surface area contributed by atoms with Crippen molar-refractivity contribution in [2.45, 2.75) is 64.1 Å². The van der Waals surface area contributed by atoms with E-state index in [0.29, 0.717) is 50.5 Å². The van der Waals surface area contributed by atoms with E-state index in [9.17, 15) is 14.0 Å². The van der Waals surface area contributed by atoms with Crippen LogP contribution >= 0.6 is 0 Å². The molecule has 5 rings (SSSR count). The lowest BCUT2D eigenvalue weighted by Gasteiger charge is -2.44. The molecular formula is C29H38FN5O3. The molecule has 2 aromatic rings. The van der Waals surface area contributed by atoms with Gasteiger partial charge < -0.3 is 14.5 Å². The van der Waals surface area contributed by atoms with E-state index >= 15 is 0 Å². The molecule has 3 heterocycles. The number of anilines is 1. The van der Waals surface area contributed by atoms with Gasteiger partial charge in [0, 0.05) is 44.3 Å². The molecule has 0 radical (unpaired) electrons. The van der Waals surface area contributed by atoms with Gasteiger partial charge in [0.1, 0.15) is 11.4 Å². The number of piperidine rings is 1. The summed E-state index contributed by atoms with van der Waals surface area (Å²) in [4.78, 5) is 32.2. The minimum atomic E-state index is -0.565. The van der Waals surface area contributed by atoms with E-state index in [2.05, 4.69) is 23.0 Å². The molecule has 8 nitrogen and oxygen atoms in total. The first-order valence-electron chi connectivity index (χ1n) is 13.4. The van der Waals surface area contributed by atoms with Gasteiger partial charge in [-0.3, -0.25) is 15.8 Å². The molecule has 0 aliphatic carbocycles. The van der Waals surface area contributed by atoms with E-state index in [1.54, 1.807) is 17.9 Å². The molecule has 9 heteroatoms. The Bertz CT molecular complexity index is 1180. The predicted octanol–water partition coefficient (Wildman–Crippen LogP) is 4.54. The van der Waals surface area contributed by atoms with Crippen molar-refractivity contribution in [3.05, 3.63) is 65.0 Å². The molecule has 0 bridgehead atoms. The summed E-state index contributed by atoms with van der Waals surface area (Å²) >= 11 is 0. The first-order valence-corrected chi connectivity index (χ1v) is 13.4. The van der Waals surface area contributed by atoms with Crippen LogP contribution in [0.25, 0.3) is 0 Å². The summed E-state index contributed by atoms with van der Waals surface area (Å²) < 4.78 is 20.0. The molecular weight excluding hydrogens is 485 g/mol. The maximum atomic E-state index is 14.4. The number of halogens is 1. The predicted molar refractivity (Wildman–Crippen MR) is 144 cm³/mol. The van der Waals surface area contributed by atoms with Crippen LogP contribution in [-0.4, -0.2) is 65.8 Å². The van der Waals surface area contributed by atoms with Crippen molar-refractivity contribution < 1.29 is 18.7 Å². The number of ether oxygens (including phenoxy) is 1. The maximum Gasteiger partial charge on any atom is 0.410 e. The minimum absolute atomic E-state index is 0.0867. The first kappa shape index (κ1) is 26.4. The maximum absolute atomic E-state index is 14.4. The van der Waals surface area contributed by atoms with Crippen LogP contribution in [0.4, 0.5) is 19.7 Å². The summed E-state index contributed by atoms with van der Waals surface area (Å²) in [6.45, 7) is 10.9. The quantitative estimate of drug-likeness (QED) is 0.616. The highest BCUT2D eigenvalue weighted by Crippen LogP contribution is 2.40. The molecule has 204 valence electrons. The number of nitrogens with one attached hydrogen (secondary N) is 2. The lowest BCUT2D eigenvalue weighted by Crippen LogP contribution is -2.55. The van der Waals surface area contributed by atoms with Crippen LogP contribution in [0.2, 0.25) is 0 Å². The van der Waals surface area contributed by atoms with Crippen LogP contribution in [0.15, 0.2) is 42.5 Å². The van der Waals surface area contributed by atoms with Gasteiger partial charge in [0.05, 0.1) is 12.1 Å². The molecule has 3 fully saturated rings. The highest BCUT2D eigenvalue weighted by molar-refractivity contribution is 5.95. The second kappa shape index (κ2) is 10.2. The number of urea groups is 1. The normalized spacial score (nSPS) is 20.0. The van der Waals surface area contributed by atoms with E-state index in [1.807, 2.05) is 48.8 Å². The second-order valence-electron chi connectivity index (χ2n) is 11.7. The molecule has 0 atom stereocenters. The smallest absolute Gasteiger partial charge is 0.410 e. The summed E-state index contributed by atoms with van der Waals surface area (Å²) in [5.74, 6) is 0.126. The molecule has 38 heavy (non-hydrogen) atoms. The monoisotopic (exact) mass is 523 g/mol. The van der Waals surface area contributed by atoms with Crippen LogP contribution in [0.5, 0.6) is 0 Å². The van der Waals surface area contributed by atoms with Crippen LogP contribution < -0.4 is 15.8 Å². The van der Waals surface area contributed by atoms with E-state index < -0.39 is 11.1 Å². The Morgan fingerprint density at radius 3 is 2.37 bits per heavy atom. The van der Waals surface area contributed by atoms with Gasteiger partial charge in [-0.1, -0.05) is 24.3 Å². The molecule has 2 N–H and O–H groups in total. The Labute approximate surface area is 224 Å². The lowest BCUT2D eigenvalue weighted by molar-refractivity contribution is 0.00784. The minimum Gasteiger partial charge on any atom is -0.444 e. The van der Waals surface area contributed by atoms with E-state index in [-0.39, 0.29) is 17.9 Å². The number of hydrogen-bond acceptors (Lipinski definition) is 5. The molecule has 2 aromatic carbocycles. The summed E-state index contributed by atoms with van der Waals surface area (Å²) in [5, 5.41) is 0. The second-order valence-corrected chi connectivity index (χ2v) is 11.7. The number of nitrogens with zero attached hydrogens (tertiary/aromatic N) is 3. The fourth-order valence-corrected chi connectivity index (χ4v) is 5.71. The van der Waals surface area contributed by atoms with Gasteiger partial charge in [-0.05, 0) is 75.4 Å². The van der Waals surface area contributed by atoms with Gasteiger partial charge in [-0.25, -0.2) is 14.0 Å². The van der Waals surface area contributed by atoms with Crippen LogP contribution in [0.1, 0.15) is 56.2 Å². The molecule has 3 saturated heterocycles. The van der Waals surface area contributed by atoms with Gasteiger partial charge in [0.25, 0.3) is 0 Å². The zero-order valence-electron chi connectivity index (χ0n) is 22.7. The number of carbonyl (C=O) groups excluding carboxylic acids is 2. The number of amides is 3. The lowest BCUT2D eigenvalue weighted by atomic mass is 9.86. The third-order valence-corrected chi connectivity index (χ3v) is 8.04. The van der Waals surface area contributed by atoms with Gasteiger partial charge in [0.15, 0.2) is 0 Å². The van der Waals surface area contributed by atoms with Crippen molar-refractivity contribution >= 4 is 17.8 Å². The van der Waals surface area contributed by atoms with E-state index in [4.69, 9.17) is 4.74 Å². The topological polar surface area (TPSA) is 77.2 Å². The Morgan fingerprint density at radius 1 is 1.08 bits per heavy atom. The van der Waals surface area contributed by atoms with Crippen molar-refractivity contribution in [2.24, 2.45) is 0 Å². The molecule has 3 aliphatic heterocycles. The molecule has 0 saturated carbocycles. The van der Waals surface area contributed by atoms with Gasteiger partial charge >= 0.3 is 12.1 Å². The van der Waals surface area contributed by atoms with Crippen molar-refractivity contribution in [1.29, 1.82) is 0 Å².